The first kappa shape index (κ1) is 13.2. The number of amides is 1. The van der Waals surface area contributed by atoms with Gasteiger partial charge in [-0.3, -0.25) is 4.79 Å². The Morgan fingerprint density at radius 1 is 1.47 bits per heavy atom. The van der Waals surface area contributed by atoms with E-state index >= 15 is 0 Å². The highest BCUT2D eigenvalue weighted by molar-refractivity contribution is 6.06. The number of hydrogen-bond donors (Lipinski definition) is 4. The summed E-state index contributed by atoms with van der Waals surface area (Å²) in [5.74, 6) is 0.101. The van der Waals surface area contributed by atoms with Gasteiger partial charge in [0, 0.05) is 0 Å². The Hall–Kier alpha value is -2.19. The minimum absolute atomic E-state index is 0.0298. The van der Waals surface area contributed by atoms with Gasteiger partial charge >= 0.3 is 0 Å². The number of nitrogens with one attached hydrogen (secondary N) is 2. The first-order valence-electron chi connectivity index (χ1n) is 6.18. The van der Waals surface area contributed by atoms with Crippen molar-refractivity contribution in [1.82, 2.24) is 25.9 Å². The van der Waals surface area contributed by atoms with Crippen LogP contribution in [0.4, 0.5) is 0 Å². The highest BCUT2D eigenvalue weighted by atomic mass is 16.4. The number of amidine groups is 1. The molecule has 1 aliphatic rings. The second-order valence-corrected chi connectivity index (χ2v) is 4.64. The molecule has 1 aromatic heterocycles. The van der Waals surface area contributed by atoms with Crippen molar-refractivity contribution in [2.24, 2.45) is 16.3 Å². The van der Waals surface area contributed by atoms with Gasteiger partial charge in [-0.25, -0.2) is 0 Å². The molecule has 1 heterocycles. The van der Waals surface area contributed by atoms with Gasteiger partial charge in [-0.2, -0.15) is 5.21 Å². The normalized spacial score (nSPS) is 19.1. The van der Waals surface area contributed by atoms with E-state index in [0.29, 0.717) is 18.7 Å². The molecule has 0 radical (unpaired) electrons. The number of aromatic amines is 1. The van der Waals surface area contributed by atoms with Gasteiger partial charge in [-0.05, 0) is 12.8 Å². The first-order valence-corrected chi connectivity index (χ1v) is 6.18. The summed E-state index contributed by atoms with van der Waals surface area (Å²) < 4.78 is 0. The van der Waals surface area contributed by atoms with Crippen molar-refractivity contribution in [2.45, 2.75) is 38.6 Å². The largest absolute Gasteiger partial charge is 0.409 e. The molecule has 104 valence electrons. The molecule has 0 atom stereocenters. The molecule has 0 saturated heterocycles. The van der Waals surface area contributed by atoms with E-state index in [1.807, 2.05) is 0 Å². The summed E-state index contributed by atoms with van der Waals surface area (Å²) in [5, 5.41) is 27.9. The molecule has 0 unspecified atom stereocenters. The Labute approximate surface area is 109 Å². The van der Waals surface area contributed by atoms with Gasteiger partial charge < -0.3 is 16.3 Å². The molecule has 1 aliphatic carbocycles. The third kappa shape index (κ3) is 2.64. The van der Waals surface area contributed by atoms with Gasteiger partial charge in [-0.1, -0.05) is 29.6 Å². The van der Waals surface area contributed by atoms with Crippen LogP contribution < -0.4 is 11.1 Å². The zero-order valence-electron chi connectivity index (χ0n) is 10.5. The number of rotatable bonds is 4. The van der Waals surface area contributed by atoms with E-state index in [9.17, 15) is 4.79 Å². The summed E-state index contributed by atoms with van der Waals surface area (Å²) in [6, 6.07) is 0. The number of aromatic nitrogens is 4. The van der Waals surface area contributed by atoms with Crippen molar-refractivity contribution in [3.05, 3.63) is 5.82 Å². The van der Waals surface area contributed by atoms with Crippen molar-refractivity contribution in [3.8, 4) is 0 Å². The minimum atomic E-state index is -0.920. The Morgan fingerprint density at radius 2 is 2.21 bits per heavy atom. The lowest BCUT2D eigenvalue weighted by atomic mass is 9.72. The zero-order chi connectivity index (χ0) is 13.7. The predicted molar refractivity (Wildman–Crippen MR) is 65.0 cm³/mol. The maximum Gasteiger partial charge on any atom is 0.234 e. The van der Waals surface area contributed by atoms with Crippen LogP contribution in [0.3, 0.4) is 0 Å². The van der Waals surface area contributed by atoms with Crippen LogP contribution in [-0.2, 0) is 11.3 Å². The Balaban J connectivity index is 2.07. The monoisotopic (exact) mass is 267 g/mol. The quantitative estimate of drug-likeness (QED) is 0.251. The number of carbonyl (C=O) groups is 1. The van der Waals surface area contributed by atoms with Crippen LogP contribution in [0, 0.1) is 5.41 Å². The minimum Gasteiger partial charge on any atom is -0.409 e. The lowest BCUT2D eigenvalue weighted by molar-refractivity contribution is -0.129. The van der Waals surface area contributed by atoms with Crippen molar-refractivity contribution in [2.75, 3.05) is 0 Å². The third-order valence-electron chi connectivity index (χ3n) is 3.54. The highest BCUT2D eigenvalue weighted by Crippen LogP contribution is 2.36. The Kier molecular flexibility index (Phi) is 3.93. The first-order chi connectivity index (χ1) is 9.19. The Morgan fingerprint density at radius 3 is 2.79 bits per heavy atom. The molecule has 1 aromatic rings. The number of carbonyl (C=O) groups excluding carboxylic acids is 1. The second-order valence-electron chi connectivity index (χ2n) is 4.64. The van der Waals surface area contributed by atoms with Crippen molar-refractivity contribution < 1.29 is 10.0 Å². The maximum absolute atomic E-state index is 12.3. The van der Waals surface area contributed by atoms with Crippen LogP contribution in [-0.4, -0.2) is 37.6 Å². The van der Waals surface area contributed by atoms with Gasteiger partial charge in [0.1, 0.15) is 5.41 Å². The van der Waals surface area contributed by atoms with Crippen LogP contribution >= 0.6 is 0 Å². The van der Waals surface area contributed by atoms with Crippen molar-refractivity contribution >= 4 is 11.7 Å². The molecular formula is C10H17N7O2. The van der Waals surface area contributed by atoms with E-state index in [1.165, 1.54) is 0 Å². The molecule has 19 heavy (non-hydrogen) atoms. The summed E-state index contributed by atoms with van der Waals surface area (Å²) in [6.07, 6.45) is 3.98. The summed E-state index contributed by atoms with van der Waals surface area (Å²) in [7, 11) is 0. The number of H-pyrrole nitrogens is 1. The molecule has 0 aromatic carbocycles. The summed E-state index contributed by atoms with van der Waals surface area (Å²) >= 11 is 0. The Bertz CT molecular complexity index is 450. The van der Waals surface area contributed by atoms with E-state index in [4.69, 9.17) is 10.9 Å². The van der Waals surface area contributed by atoms with Gasteiger partial charge in [0.2, 0.25) is 5.91 Å². The van der Waals surface area contributed by atoms with E-state index in [1.54, 1.807) is 0 Å². The van der Waals surface area contributed by atoms with E-state index in [-0.39, 0.29) is 18.3 Å². The van der Waals surface area contributed by atoms with E-state index in [0.717, 1.165) is 19.3 Å². The average Bonchev–Trinajstić information content (AvgIpc) is 2.97. The fourth-order valence-corrected chi connectivity index (χ4v) is 2.44. The SMILES string of the molecule is NC(=NO)C1(C(=O)NCc2nn[nH]n2)CCCCC1. The molecule has 1 fully saturated rings. The zero-order valence-corrected chi connectivity index (χ0v) is 10.5. The fourth-order valence-electron chi connectivity index (χ4n) is 2.44. The lowest BCUT2D eigenvalue weighted by Crippen LogP contribution is -2.50. The topological polar surface area (TPSA) is 142 Å². The van der Waals surface area contributed by atoms with Crippen LogP contribution in [0.25, 0.3) is 0 Å². The molecule has 9 nitrogen and oxygen atoms in total. The summed E-state index contributed by atoms with van der Waals surface area (Å²) in [5.41, 5.74) is 4.80. The van der Waals surface area contributed by atoms with Crippen LogP contribution in [0.2, 0.25) is 0 Å². The molecule has 0 aliphatic heterocycles. The van der Waals surface area contributed by atoms with Crippen molar-refractivity contribution in [3.63, 3.8) is 0 Å². The number of nitrogens with two attached hydrogens (primary N) is 1. The molecule has 1 amide bonds. The van der Waals surface area contributed by atoms with Crippen molar-refractivity contribution in [1.29, 1.82) is 0 Å². The number of hydrogen-bond acceptors (Lipinski definition) is 6. The second kappa shape index (κ2) is 5.63. The summed E-state index contributed by atoms with van der Waals surface area (Å²) in [6.45, 7) is 0.162. The lowest BCUT2D eigenvalue weighted by Gasteiger charge is -2.34. The number of tetrazole rings is 1. The number of nitrogens with zero attached hydrogens (tertiary/aromatic N) is 4. The smallest absolute Gasteiger partial charge is 0.234 e. The molecular weight excluding hydrogens is 250 g/mol. The molecule has 9 heteroatoms. The van der Waals surface area contributed by atoms with Crippen LogP contribution in [0.15, 0.2) is 5.16 Å². The van der Waals surface area contributed by atoms with E-state index < -0.39 is 5.41 Å². The third-order valence-corrected chi connectivity index (χ3v) is 3.54. The molecule has 2 rings (SSSR count). The van der Waals surface area contributed by atoms with Gasteiger partial charge in [0.15, 0.2) is 11.7 Å². The highest BCUT2D eigenvalue weighted by Gasteiger charge is 2.43. The molecule has 0 bridgehead atoms. The van der Waals surface area contributed by atoms with E-state index in [2.05, 4.69) is 31.1 Å². The van der Waals surface area contributed by atoms with Crippen LogP contribution in [0.5, 0.6) is 0 Å². The average molecular weight is 267 g/mol. The van der Waals surface area contributed by atoms with Gasteiger partial charge in [-0.15, -0.1) is 10.2 Å². The summed E-state index contributed by atoms with van der Waals surface area (Å²) in [4.78, 5) is 12.3. The molecule has 1 saturated carbocycles. The predicted octanol–water partition coefficient (Wildman–Crippen LogP) is -0.487. The number of oxime groups is 1. The molecule has 0 spiro atoms. The maximum atomic E-state index is 12.3. The van der Waals surface area contributed by atoms with Gasteiger partial charge in [0.05, 0.1) is 6.54 Å². The molecule has 5 N–H and O–H groups in total. The van der Waals surface area contributed by atoms with Gasteiger partial charge in [0.25, 0.3) is 0 Å². The fraction of sp³-hybridized carbons (Fsp3) is 0.700. The van der Waals surface area contributed by atoms with Crippen LogP contribution in [0.1, 0.15) is 37.9 Å². The standard InChI is InChI=1S/C10H17N7O2/c11-8(15-19)10(4-2-1-3-5-10)9(18)12-6-7-13-16-17-14-7/h19H,1-6H2,(H2,11,15)(H,12,18)(H,13,14,16,17).